The molecule has 5 nitrogen and oxygen atoms in total. The van der Waals surface area contributed by atoms with E-state index in [1.54, 1.807) is 0 Å². The minimum atomic E-state index is -1.76. The van der Waals surface area contributed by atoms with E-state index in [1.807, 2.05) is 5.32 Å². The highest BCUT2D eigenvalue weighted by Crippen LogP contribution is 2.36. The summed E-state index contributed by atoms with van der Waals surface area (Å²) >= 11 is 22.9. The van der Waals surface area contributed by atoms with Crippen molar-refractivity contribution in [1.29, 1.82) is 0 Å². The first-order chi connectivity index (χ1) is 12.1. The number of anilines is 1. The zero-order chi connectivity index (χ0) is 19.6. The summed E-state index contributed by atoms with van der Waals surface area (Å²) in [4.78, 5) is 27.2. The number of hydrogen-bond acceptors (Lipinski definition) is 4. The monoisotopic (exact) mass is 446 g/mol. The molecule has 0 atom stereocenters. The van der Waals surface area contributed by atoms with Crippen molar-refractivity contribution in [2.45, 2.75) is 0 Å². The lowest BCUT2D eigenvalue weighted by molar-refractivity contribution is -0.119. The van der Waals surface area contributed by atoms with E-state index in [0.29, 0.717) is 6.07 Å². The van der Waals surface area contributed by atoms with Crippen molar-refractivity contribution >= 4 is 64.0 Å². The molecule has 0 radical (unpaired) electrons. The average Bonchev–Trinajstić information content (AvgIpc) is 2.61. The number of nitrogens with zero attached hydrogens (tertiary/aromatic N) is 1. The fourth-order valence-corrected chi connectivity index (χ4v) is 2.44. The summed E-state index contributed by atoms with van der Waals surface area (Å²) in [6, 6.07) is 1.41. The van der Waals surface area contributed by atoms with Crippen LogP contribution in [-0.4, -0.2) is 23.5 Å². The minimum absolute atomic E-state index is 0.179. The summed E-state index contributed by atoms with van der Waals surface area (Å²) < 4.78 is 44.0. The fraction of sp³-hybridized carbons (Fsp3) is 0.0714. The Morgan fingerprint density at radius 3 is 2.31 bits per heavy atom. The smallest absolute Gasteiger partial charge is 0.359 e. The van der Waals surface area contributed by atoms with Crippen molar-refractivity contribution in [3.8, 4) is 0 Å². The van der Waals surface area contributed by atoms with Gasteiger partial charge >= 0.3 is 5.97 Å². The number of hydrogen-bond donors (Lipinski definition) is 1. The van der Waals surface area contributed by atoms with Gasteiger partial charge in [0.05, 0.1) is 20.8 Å². The largest absolute Gasteiger partial charge is 0.451 e. The molecule has 0 bridgehead atoms. The Bertz CT molecular complexity index is 912. The zero-order valence-corrected chi connectivity index (χ0v) is 15.2. The van der Waals surface area contributed by atoms with Gasteiger partial charge in [0.1, 0.15) is 5.15 Å². The van der Waals surface area contributed by atoms with E-state index in [4.69, 9.17) is 46.4 Å². The third-order valence-electron chi connectivity index (χ3n) is 2.82. The van der Waals surface area contributed by atoms with Crippen LogP contribution in [0.2, 0.25) is 20.2 Å². The molecule has 12 heteroatoms. The fourth-order valence-electron chi connectivity index (χ4n) is 1.63. The molecule has 0 aliphatic heterocycles. The molecular formula is C14H5Cl4F3N2O3. The number of carbonyl (C=O) groups is 2. The molecule has 0 saturated carbocycles. The Morgan fingerprint density at radius 1 is 1.00 bits per heavy atom. The summed E-state index contributed by atoms with van der Waals surface area (Å²) in [5.41, 5.74) is -1.14. The van der Waals surface area contributed by atoms with Gasteiger partial charge in [-0.3, -0.25) is 4.79 Å². The molecule has 1 heterocycles. The molecule has 1 N–H and O–H groups in total. The quantitative estimate of drug-likeness (QED) is 0.411. The number of carbonyl (C=O) groups excluding carboxylic acids is 2. The minimum Gasteiger partial charge on any atom is -0.451 e. The number of nitrogens with one attached hydrogen (secondary N) is 1. The van der Waals surface area contributed by atoms with Crippen LogP contribution in [0.4, 0.5) is 18.9 Å². The number of aromatic nitrogens is 1. The van der Waals surface area contributed by atoms with Crippen molar-refractivity contribution < 1.29 is 27.5 Å². The summed E-state index contributed by atoms with van der Waals surface area (Å²) in [6.45, 7) is -0.910. The summed E-state index contributed by atoms with van der Waals surface area (Å²) in [6.07, 6.45) is 0. The molecule has 0 saturated heterocycles. The summed E-state index contributed by atoms with van der Waals surface area (Å²) in [5, 5.41) is 0.819. The van der Waals surface area contributed by atoms with Crippen LogP contribution in [0.5, 0.6) is 0 Å². The van der Waals surface area contributed by atoms with E-state index in [1.165, 1.54) is 0 Å². The molecule has 0 unspecified atom stereocenters. The van der Waals surface area contributed by atoms with Crippen molar-refractivity contribution in [3.63, 3.8) is 0 Å². The van der Waals surface area contributed by atoms with E-state index in [2.05, 4.69) is 9.72 Å². The topological polar surface area (TPSA) is 68.3 Å². The van der Waals surface area contributed by atoms with E-state index >= 15 is 0 Å². The Kier molecular flexibility index (Phi) is 6.57. The van der Waals surface area contributed by atoms with Crippen LogP contribution < -0.4 is 5.32 Å². The van der Waals surface area contributed by atoms with Crippen molar-refractivity contribution in [3.05, 3.63) is 55.5 Å². The van der Waals surface area contributed by atoms with Gasteiger partial charge in [0.25, 0.3) is 5.91 Å². The highest BCUT2D eigenvalue weighted by atomic mass is 35.5. The molecule has 1 aromatic heterocycles. The molecule has 2 rings (SSSR count). The SMILES string of the molecule is O=C(COC(=O)c1nc(Cl)c(Cl)c(Cl)c1Cl)Nc1ccc(F)c(F)c1F. The number of halogens is 7. The van der Waals surface area contributed by atoms with Gasteiger partial charge < -0.3 is 10.1 Å². The molecule has 0 spiro atoms. The molecule has 1 amide bonds. The lowest BCUT2D eigenvalue weighted by Gasteiger charge is -2.09. The van der Waals surface area contributed by atoms with Gasteiger partial charge in [0.2, 0.25) is 0 Å². The van der Waals surface area contributed by atoms with Crippen molar-refractivity contribution in [2.75, 3.05) is 11.9 Å². The van der Waals surface area contributed by atoms with Gasteiger partial charge in [-0.15, -0.1) is 0 Å². The molecule has 26 heavy (non-hydrogen) atoms. The predicted molar refractivity (Wildman–Crippen MR) is 89.5 cm³/mol. The molecule has 1 aromatic carbocycles. The second-order valence-electron chi connectivity index (χ2n) is 4.54. The first kappa shape index (κ1) is 20.6. The molecular weight excluding hydrogens is 443 g/mol. The predicted octanol–water partition coefficient (Wildman–Crippen LogP) is 4.91. The lowest BCUT2D eigenvalue weighted by atomic mass is 10.3. The zero-order valence-electron chi connectivity index (χ0n) is 12.2. The van der Waals surface area contributed by atoms with Crippen molar-refractivity contribution in [2.24, 2.45) is 0 Å². The van der Waals surface area contributed by atoms with Crippen LogP contribution in [0.1, 0.15) is 10.5 Å². The standard InChI is InChI=1S/C14H5Cl4F3N2O3/c15-7-8(16)12(23-13(18)9(7)17)14(25)26-3-6(24)22-5-2-1-4(19)10(20)11(5)21/h1-2H,3H2,(H,22,24). The third-order valence-corrected chi connectivity index (χ3v) is 4.50. The third kappa shape index (κ3) is 4.32. The first-order valence-electron chi connectivity index (χ1n) is 6.44. The van der Waals surface area contributed by atoms with E-state index < -0.39 is 47.3 Å². The van der Waals surface area contributed by atoms with Crippen LogP contribution >= 0.6 is 46.4 Å². The number of pyridine rings is 1. The van der Waals surface area contributed by atoms with Crippen molar-refractivity contribution in [1.82, 2.24) is 4.98 Å². The molecule has 0 aliphatic carbocycles. The van der Waals surface area contributed by atoms with Crippen LogP contribution in [0.3, 0.4) is 0 Å². The molecule has 2 aromatic rings. The van der Waals surface area contributed by atoms with Crippen LogP contribution in [0.15, 0.2) is 12.1 Å². The van der Waals surface area contributed by atoms with Gasteiger partial charge in [-0.1, -0.05) is 46.4 Å². The van der Waals surface area contributed by atoms with Gasteiger partial charge in [-0.05, 0) is 12.1 Å². The van der Waals surface area contributed by atoms with Crippen LogP contribution in [-0.2, 0) is 9.53 Å². The van der Waals surface area contributed by atoms with E-state index in [9.17, 15) is 22.8 Å². The highest BCUT2D eigenvalue weighted by Gasteiger charge is 2.22. The average molecular weight is 448 g/mol. The normalized spacial score (nSPS) is 10.6. The second-order valence-corrected chi connectivity index (χ2v) is 6.03. The van der Waals surface area contributed by atoms with Gasteiger partial charge in [-0.2, -0.15) is 0 Å². The highest BCUT2D eigenvalue weighted by molar-refractivity contribution is 6.52. The summed E-state index contributed by atoms with van der Waals surface area (Å²) in [7, 11) is 0. The number of ether oxygens (including phenoxy) is 1. The maximum absolute atomic E-state index is 13.5. The maximum Gasteiger partial charge on any atom is 0.359 e. The van der Waals surface area contributed by atoms with Crippen LogP contribution in [0, 0.1) is 17.5 Å². The van der Waals surface area contributed by atoms with Gasteiger partial charge in [0.15, 0.2) is 29.8 Å². The molecule has 0 aliphatic rings. The first-order valence-corrected chi connectivity index (χ1v) is 7.95. The Morgan fingerprint density at radius 2 is 1.65 bits per heavy atom. The number of rotatable bonds is 4. The number of amides is 1. The lowest BCUT2D eigenvalue weighted by Crippen LogP contribution is -2.22. The molecule has 0 fully saturated rings. The van der Waals surface area contributed by atoms with E-state index in [-0.39, 0.29) is 20.2 Å². The molecule has 138 valence electrons. The maximum atomic E-state index is 13.5. The Hall–Kier alpha value is -1.74. The van der Waals surface area contributed by atoms with E-state index in [0.717, 1.165) is 6.07 Å². The van der Waals surface area contributed by atoms with Gasteiger partial charge in [-0.25, -0.2) is 22.9 Å². The Balaban J connectivity index is 2.06. The summed E-state index contributed by atoms with van der Waals surface area (Å²) in [5.74, 6) is -7.00. The van der Waals surface area contributed by atoms with Gasteiger partial charge in [0, 0.05) is 0 Å². The number of benzene rings is 1. The Labute approximate surface area is 163 Å². The number of esters is 1. The van der Waals surface area contributed by atoms with Crippen LogP contribution in [0.25, 0.3) is 0 Å². The second kappa shape index (κ2) is 8.30.